The monoisotopic (exact) mass is 638 g/mol. The first-order chi connectivity index (χ1) is 21.5. The van der Waals surface area contributed by atoms with Gasteiger partial charge in [0.15, 0.2) is 0 Å². The van der Waals surface area contributed by atoms with Crippen molar-refractivity contribution in [1.29, 1.82) is 0 Å². The number of carbonyl (C=O) groups is 6. The van der Waals surface area contributed by atoms with Gasteiger partial charge < -0.3 is 28.4 Å². The van der Waals surface area contributed by atoms with Crippen molar-refractivity contribution in [3.63, 3.8) is 0 Å². The number of ketones is 4. The van der Waals surface area contributed by atoms with Crippen molar-refractivity contribution in [2.45, 2.75) is 128 Å². The number of fused-ring (bicyclic) bond motifs is 2. The van der Waals surface area contributed by atoms with Gasteiger partial charge in [-0.05, 0) is 64.5 Å². The Kier molecular flexibility index (Phi) is 7.55. The Morgan fingerprint density at radius 2 is 1.04 bits per heavy atom. The lowest BCUT2D eigenvalue weighted by molar-refractivity contribution is -0.255. The Morgan fingerprint density at radius 3 is 1.37 bits per heavy atom. The van der Waals surface area contributed by atoms with Crippen LogP contribution >= 0.6 is 0 Å². The lowest BCUT2D eigenvalue weighted by atomic mass is 9.65. The highest BCUT2D eigenvalue weighted by atomic mass is 16.7. The third-order valence-electron chi connectivity index (χ3n) is 9.72. The topological polar surface area (TPSA) is 158 Å². The van der Waals surface area contributed by atoms with E-state index >= 15 is 0 Å². The van der Waals surface area contributed by atoms with E-state index in [9.17, 15) is 28.8 Å². The first kappa shape index (κ1) is 32.1. The summed E-state index contributed by atoms with van der Waals surface area (Å²) in [6.45, 7) is 8.26. The summed E-state index contributed by atoms with van der Waals surface area (Å²) in [5.74, 6) is -7.79. The van der Waals surface area contributed by atoms with E-state index in [1.54, 1.807) is 0 Å². The molecule has 6 rings (SSSR count). The van der Waals surface area contributed by atoms with Gasteiger partial charge in [-0.1, -0.05) is 0 Å². The smallest absolute Gasteiger partial charge is 0.304 e. The van der Waals surface area contributed by atoms with Crippen LogP contribution in [0.4, 0.5) is 0 Å². The minimum atomic E-state index is -2.36. The molecule has 2 unspecified atom stereocenters. The number of hydrogen-bond acceptors (Lipinski definition) is 12. The molecule has 0 radical (unpaired) electrons. The molecule has 12 nitrogen and oxygen atoms in total. The van der Waals surface area contributed by atoms with Crippen LogP contribution in [0.25, 0.3) is 0 Å². The molecule has 0 aromatic rings. The number of esters is 2. The molecule has 6 atom stereocenters. The van der Waals surface area contributed by atoms with E-state index in [1.165, 1.54) is 26.4 Å². The predicted molar refractivity (Wildman–Crippen MR) is 156 cm³/mol. The van der Waals surface area contributed by atoms with Gasteiger partial charge in [-0.3, -0.25) is 28.8 Å². The normalized spacial score (nSPS) is 37.6. The second-order valence-electron chi connectivity index (χ2n) is 13.4. The molecule has 6 aliphatic rings. The predicted octanol–water partition coefficient (Wildman–Crippen LogP) is 3.71. The first-order valence-corrected chi connectivity index (χ1v) is 15.7. The van der Waals surface area contributed by atoms with Crippen LogP contribution in [0.15, 0.2) is 46.0 Å². The Morgan fingerprint density at radius 1 is 0.674 bits per heavy atom. The second kappa shape index (κ2) is 10.8. The maximum absolute atomic E-state index is 14.7. The molecule has 246 valence electrons. The van der Waals surface area contributed by atoms with Gasteiger partial charge in [-0.25, -0.2) is 0 Å². The highest BCUT2D eigenvalue weighted by Crippen LogP contribution is 2.52. The zero-order valence-corrected chi connectivity index (χ0v) is 26.9. The van der Waals surface area contributed by atoms with E-state index in [-0.39, 0.29) is 58.5 Å². The SMILES string of the molecule is CC(=O)O[C@@]1(C)C(=O)C2=CO[C@@]3(CCCC(C)O3)CC2=C(C2=C3C[C@]4(CCCC(C)O4)OC=C3C(=O)[C@@](C)(OC(C)=O)C2=O)C1=O. The third kappa shape index (κ3) is 4.88. The fourth-order valence-corrected chi connectivity index (χ4v) is 7.60. The zero-order chi connectivity index (χ0) is 33.4. The van der Waals surface area contributed by atoms with Crippen molar-refractivity contribution in [3.05, 3.63) is 46.0 Å². The van der Waals surface area contributed by atoms with E-state index in [4.69, 9.17) is 28.4 Å². The van der Waals surface area contributed by atoms with Crippen LogP contribution in [-0.2, 0) is 57.2 Å². The molecule has 0 N–H and O–H groups in total. The van der Waals surface area contributed by atoms with E-state index in [2.05, 4.69) is 0 Å². The van der Waals surface area contributed by atoms with Crippen molar-refractivity contribution in [2.24, 2.45) is 0 Å². The van der Waals surface area contributed by atoms with Gasteiger partial charge in [0.1, 0.15) is 0 Å². The molecule has 4 heterocycles. The molecule has 0 saturated carbocycles. The minimum absolute atomic E-state index is 0.0624. The molecule has 0 bridgehead atoms. The van der Waals surface area contributed by atoms with Gasteiger partial charge in [0, 0.05) is 50.7 Å². The summed E-state index contributed by atoms with van der Waals surface area (Å²) in [5, 5.41) is 0. The lowest BCUT2D eigenvalue weighted by Crippen LogP contribution is -2.58. The van der Waals surface area contributed by atoms with Gasteiger partial charge in [0.05, 0.1) is 35.9 Å². The third-order valence-corrected chi connectivity index (χ3v) is 9.72. The molecule has 0 amide bonds. The zero-order valence-electron chi connectivity index (χ0n) is 26.9. The Bertz CT molecular complexity index is 1490. The average molecular weight is 639 g/mol. The molecule has 0 aromatic heterocycles. The molecule has 12 heteroatoms. The van der Waals surface area contributed by atoms with E-state index in [0.29, 0.717) is 12.8 Å². The summed E-state index contributed by atoms with van der Waals surface area (Å²) in [7, 11) is 0. The summed E-state index contributed by atoms with van der Waals surface area (Å²) in [4.78, 5) is 81.9. The van der Waals surface area contributed by atoms with Gasteiger partial charge in [0.2, 0.25) is 45.9 Å². The van der Waals surface area contributed by atoms with Gasteiger partial charge >= 0.3 is 11.9 Å². The summed E-state index contributed by atoms with van der Waals surface area (Å²) in [5.41, 5.74) is -4.98. The first-order valence-electron chi connectivity index (χ1n) is 15.7. The van der Waals surface area contributed by atoms with Crippen LogP contribution in [-0.4, -0.2) is 70.1 Å². The van der Waals surface area contributed by atoms with E-state index < -0.39 is 57.8 Å². The van der Waals surface area contributed by atoms with Crippen LogP contribution in [0.3, 0.4) is 0 Å². The van der Waals surface area contributed by atoms with Crippen molar-refractivity contribution in [1.82, 2.24) is 0 Å². The molecular weight excluding hydrogens is 600 g/mol. The molecule has 2 saturated heterocycles. The van der Waals surface area contributed by atoms with Crippen molar-refractivity contribution in [3.8, 4) is 0 Å². The molecular formula is C34H38O12. The summed E-state index contributed by atoms with van der Waals surface area (Å²) in [6, 6.07) is 0. The van der Waals surface area contributed by atoms with Crippen LogP contribution < -0.4 is 0 Å². The number of carbonyl (C=O) groups excluding carboxylic acids is 6. The van der Waals surface area contributed by atoms with Crippen LogP contribution in [0.1, 0.15) is 92.9 Å². The second-order valence-corrected chi connectivity index (χ2v) is 13.4. The Hall–Kier alpha value is -3.90. The van der Waals surface area contributed by atoms with Crippen molar-refractivity contribution >= 4 is 35.1 Å². The Balaban J connectivity index is 1.65. The molecule has 2 fully saturated rings. The number of ether oxygens (including phenoxy) is 6. The maximum Gasteiger partial charge on any atom is 0.304 e. The highest BCUT2D eigenvalue weighted by molar-refractivity contribution is 6.36. The lowest BCUT2D eigenvalue weighted by Gasteiger charge is -2.47. The molecule has 0 aromatic carbocycles. The summed E-state index contributed by atoms with van der Waals surface area (Å²) < 4.78 is 35.4. The van der Waals surface area contributed by atoms with Gasteiger partial charge in [0.25, 0.3) is 0 Å². The summed E-state index contributed by atoms with van der Waals surface area (Å²) >= 11 is 0. The Labute approximate surface area is 266 Å². The van der Waals surface area contributed by atoms with Crippen LogP contribution in [0.5, 0.6) is 0 Å². The molecule has 4 aliphatic heterocycles. The molecule has 2 aliphatic carbocycles. The number of rotatable bonds is 3. The maximum atomic E-state index is 14.7. The quantitative estimate of drug-likeness (QED) is 0.327. The number of Topliss-reactive ketones (excluding diaryl/α,β-unsaturated/α-hetero) is 4. The van der Waals surface area contributed by atoms with Crippen molar-refractivity contribution < 1.29 is 57.2 Å². The number of hydrogen-bond donors (Lipinski definition) is 0. The largest absolute Gasteiger partial charge is 0.469 e. The fraction of sp³-hybridized carbons (Fsp3) is 0.588. The molecule has 46 heavy (non-hydrogen) atoms. The average Bonchev–Trinajstić information content (AvgIpc) is 2.96. The minimum Gasteiger partial charge on any atom is -0.469 e. The van der Waals surface area contributed by atoms with Crippen LogP contribution in [0, 0.1) is 0 Å². The van der Waals surface area contributed by atoms with E-state index in [1.807, 2.05) is 13.8 Å². The fourth-order valence-electron chi connectivity index (χ4n) is 7.60. The van der Waals surface area contributed by atoms with Crippen LogP contribution in [0.2, 0.25) is 0 Å². The van der Waals surface area contributed by atoms with Gasteiger partial charge in [-0.2, -0.15) is 0 Å². The van der Waals surface area contributed by atoms with Crippen molar-refractivity contribution in [2.75, 3.05) is 0 Å². The standard InChI is InChI=1S/C34H38O12/c1-17-9-7-11-33(43-17)13-21-23(15-41-33)27(37)31(5,45-19(3)35)29(39)25(21)26-22-14-34(12-8-10-18(2)44-34)42-16-24(22)28(38)32(6,30(26)40)46-20(4)36/h15-18H,7-14H2,1-6H3/t17?,18?,31-,32+,33-,34-/m1/s1. The molecule has 2 spiro atoms. The van der Waals surface area contributed by atoms with Gasteiger partial charge in [-0.15, -0.1) is 0 Å². The highest BCUT2D eigenvalue weighted by Gasteiger charge is 2.61. The summed E-state index contributed by atoms with van der Waals surface area (Å²) in [6.07, 6.45) is 5.81. The van der Waals surface area contributed by atoms with E-state index in [0.717, 1.165) is 39.5 Å².